The first-order valence-electron chi connectivity index (χ1n) is 11.3. The Morgan fingerprint density at radius 1 is 1.00 bits per heavy atom. The summed E-state index contributed by atoms with van der Waals surface area (Å²) in [6.07, 6.45) is 13.9. The van der Waals surface area contributed by atoms with Crippen molar-refractivity contribution in [3.8, 4) is 0 Å². The van der Waals surface area contributed by atoms with Gasteiger partial charge in [0.1, 0.15) is 12.4 Å². The van der Waals surface area contributed by atoms with Crippen LogP contribution in [0.5, 0.6) is 0 Å². The van der Waals surface area contributed by atoms with Gasteiger partial charge in [-0.25, -0.2) is 0 Å². The topological polar surface area (TPSA) is 44.8 Å². The maximum absolute atomic E-state index is 12.8. The van der Waals surface area contributed by atoms with Crippen LogP contribution in [0.3, 0.4) is 0 Å². The summed E-state index contributed by atoms with van der Waals surface area (Å²) < 4.78 is 18.8. The monoisotopic (exact) mass is 378 g/mol. The summed E-state index contributed by atoms with van der Waals surface area (Å²) in [7, 11) is 0. The number of carbonyl (C=O) groups is 1. The quantitative estimate of drug-likeness (QED) is 0.441. The fraction of sp³-hybridized carbons (Fsp3) is 0.957. The zero-order chi connectivity index (χ0) is 19.1. The third-order valence-corrected chi connectivity index (χ3v) is 7.92. The molecule has 154 valence electrons. The molecule has 2 unspecified atom stereocenters. The zero-order valence-corrected chi connectivity index (χ0v) is 17.6. The maximum Gasteiger partial charge on any atom is 0.312 e. The molecule has 0 saturated heterocycles. The molecule has 5 rings (SSSR count). The Morgan fingerprint density at radius 2 is 1.63 bits per heavy atom. The summed E-state index contributed by atoms with van der Waals surface area (Å²) in [6.45, 7) is 6.48. The van der Waals surface area contributed by atoms with Crippen LogP contribution in [-0.2, 0) is 19.0 Å². The van der Waals surface area contributed by atoms with Gasteiger partial charge in [-0.15, -0.1) is 0 Å². The Hall–Kier alpha value is -0.610. The lowest BCUT2D eigenvalue weighted by Crippen LogP contribution is -2.62. The molecule has 4 bridgehead atoms. The highest BCUT2D eigenvalue weighted by Crippen LogP contribution is 2.60. The molecule has 0 radical (unpaired) electrons. The van der Waals surface area contributed by atoms with Crippen LogP contribution < -0.4 is 0 Å². The Labute approximate surface area is 164 Å². The van der Waals surface area contributed by atoms with Gasteiger partial charge in [0.2, 0.25) is 0 Å². The van der Waals surface area contributed by atoms with E-state index in [2.05, 4.69) is 6.92 Å². The number of rotatable bonds is 7. The van der Waals surface area contributed by atoms with Gasteiger partial charge in [-0.1, -0.05) is 26.2 Å². The summed E-state index contributed by atoms with van der Waals surface area (Å²) in [5, 5.41) is 0. The predicted molar refractivity (Wildman–Crippen MR) is 104 cm³/mol. The maximum atomic E-state index is 12.8. The van der Waals surface area contributed by atoms with Crippen molar-refractivity contribution < 1.29 is 19.0 Å². The van der Waals surface area contributed by atoms with Gasteiger partial charge in [-0.05, 0) is 77.0 Å². The molecule has 0 aliphatic heterocycles. The van der Waals surface area contributed by atoms with Crippen molar-refractivity contribution in [1.82, 2.24) is 0 Å². The van der Waals surface area contributed by atoms with Crippen molar-refractivity contribution in [3.05, 3.63) is 0 Å². The second-order valence-electron chi connectivity index (χ2n) is 10.6. The number of ether oxygens (including phenoxy) is 3. The van der Waals surface area contributed by atoms with Gasteiger partial charge in [-0.2, -0.15) is 0 Å². The van der Waals surface area contributed by atoms with Crippen LogP contribution in [0.25, 0.3) is 0 Å². The average molecular weight is 379 g/mol. The van der Waals surface area contributed by atoms with Crippen LogP contribution >= 0.6 is 0 Å². The SMILES string of the molecule is CCC(C)(C)C(=O)OC12CC3CC(CC(OCOC4CCCCC4)(C3)C1)C2. The molecule has 0 aromatic rings. The largest absolute Gasteiger partial charge is 0.459 e. The standard InChI is InChI=1S/C23H38O4/c1-4-21(2,3)20(24)27-23-13-17-10-18(14-23)12-22(11-17,15-23)26-16-25-19-8-6-5-7-9-19/h17-19H,4-16H2,1-3H3. The van der Waals surface area contributed by atoms with Crippen LogP contribution in [-0.4, -0.2) is 30.1 Å². The third-order valence-electron chi connectivity index (χ3n) is 7.92. The minimum atomic E-state index is -0.401. The molecule has 0 heterocycles. The van der Waals surface area contributed by atoms with Gasteiger partial charge < -0.3 is 14.2 Å². The lowest BCUT2D eigenvalue weighted by atomic mass is 9.52. The molecule has 0 N–H and O–H groups in total. The summed E-state index contributed by atoms with van der Waals surface area (Å²) in [6, 6.07) is 0. The Kier molecular flexibility index (Phi) is 5.35. The van der Waals surface area contributed by atoms with Gasteiger partial charge in [0, 0.05) is 6.42 Å². The normalized spacial score (nSPS) is 38.9. The molecule has 5 aliphatic rings. The number of hydrogen-bond acceptors (Lipinski definition) is 4. The summed E-state index contributed by atoms with van der Waals surface area (Å²) in [5.41, 5.74) is -0.824. The van der Waals surface area contributed by atoms with Crippen molar-refractivity contribution in [1.29, 1.82) is 0 Å². The lowest BCUT2D eigenvalue weighted by Gasteiger charge is -2.60. The molecule has 0 aromatic heterocycles. The molecule has 0 spiro atoms. The van der Waals surface area contributed by atoms with Crippen molar-refractivity contribution in [2.45, 2.75) is 115 Å². The van der Waals surface area contributed by atoms with E-state index in [0.717, 1.165) is 38.5 Å². The number of hydrogen-bond donors (Lipinski definition) is 0. The zero-order valence-electron chi connectivity index (χ0n) is 17.6. The Bertz CT molecular complexity index is 535. The molecule has 5 fully saturated rings. The fourth-order valence-electron chi connectivity index (χ4n) is 6.35. The van der Waals surface area contributed by atoms with E-state index in [1.165, 1.54) is 38.5 Å². The summed E-state index contributed by atoms with van der Waals surface area (Å²) >= 11 is 0. The minimum absolute atomic E-state index is 0.0273. The van der Waals surface area contributed by atoms with Crippen LogP contribution in [0.15, 0.2) is 0 Å². The van der Waals surface area contributed by atoms with E-state index >= 15 is 0 Å². The van der Waals surface area contributed by atoms with Crippen LogP contribution in [0.2, 0.25) is 0 Å². The molecule has 0 aromatic carbocycles. The molecule has 4 heteroatoms. The van der Waals surface area contributed by atoms with E-state index in [1.807, 2.05) is 13.8 Å². The predicted octanol–water partition coefficient (Wildman–Crippen LogP) is 5.38. The van der Waals surface area contributed by atoms with Crippen molar-refractivity contribution in [2.75, 3.05) is 6.79 Å². The van der Waals surface area contributed by atoms with Crippen LogP contribution in [0.1, 0.15) is 97.8 Å². The first-order valence-corrected chi connectivity index (χ1v) is 11.3. The summed E-state index contributed by atoms with van der Waals surface area (Å²) in [4.78, 5) is 12.8. The van der Waals surface area contributed by atoms with Crippen molar-refractivity contribution in [3.63, 3.8) is 0 Å². The molecule has 27 heavy (non-hydrogen) atoms. The number of carbonyl (C=O) groups excluding carboxylic acids is 1. The first kappa shape index (κ1) is 19.7. The van der Waals surface area contributed by atoms with Crippen LogP contribution in [0, 0.1) is 17.3 Å². The second-order valence-corrected chi connectivity index (χ2v) is 10.6. The van der Waals surface area contributed by atoms with Gasteiger partial charge in [0.25, 0.3) is 0 Å². The lowest BCUT2D eigenvalue weighted by molar-refractivity contribution is -0.262. The van der Waals surface area contributed by atoms with E-state index in [0.29, 0.717) is 24.7 Å². The molecular formula is C23H38O4. The summed E-state index contributed by atoms with van der Waals surface area (Å²) in [5.74, 6) is 1.25. The fourth-order valence-corrected chi connectivity index (χ4v) is 6.35. The third kappa shape index (κ3) is 4.07. The van der Waals surface area contributed by atoms with E-state index in [1.54, 1.807) is 0 Å². The van der Waals surface area contributed by atoms with Crippen molar-refractivity contribution >= 4 is 5.97 Å². The molecule has 0 amide bonds. The molecule has 4 nitrogen and oxygen atoms in total. The van der Waals surface area contributed by atoms with E-state index < -0.39 is 5.41 Å². The Morgan fingerprint density at radius 3 is 2.26 bits per heavy atom. The van der Waals surface area contributed by atoms with Crippen molar-refractivity contribution in [2.24, 2.45) is 17.3 Å². The van der Waals surface area contributed by atoms with E-state index in [4.69, 9.17) is 14.2 Å². The van der Waals surface area contributed by atoms with Gasteiger partial charge in [-0.3, -0.25) is 4.79 Å². The molecule has 5 aliphatic carbocycles. The smallest absolute Gasteiger partial charge is 0.312 e. The Balaban J connectivity index is 1.40. The molecule has 5 saturated carbocycles. The molecule has 2 atom stereocenters. The number of esters is 1. The van der Waals surface area contributed by atoms with Gasteiger partial charge in [0.05, 0.1) is 17.1 Å². The van der Waals surface area contributed by atoms with Gasteiger partial charge in [0.15, 0.2) is 0 Å². The highest BCUT2D eigenvalue weighted by Gasteiger charge is 2.60. The van der Waals surface area contributed by atoms with Gasteiger partial charge >= 0.3 is 5.97 Å². The average Bonchev–Trinajstić information content (AvgIpc) is 2.61. The highest BCUT2D eigenvalue weighted by molar-refractivity contribution is 5.76. The molecular weight excluding hydrogens is 340 g/mol. The van der Waals surface area contributed by atoms with Crippen LogP contribution in [0.4, 0.5) is 0 Å². The minimum Gasteiger partial charge on any atom is -0.459 e. The first-order chi connectivity index (χ1) is 12.8. The van der Waals surface area contributed by atoms with E-state index in [-0.39, 0.29) is 17.2 Å². The highest BCUT2D eigenvalue weighted by atomic mass is 16.7. The second kappa shape index (κ2) is 7.33. The van der Waals surface area contributed by atoms with E-state index in [9.17, 15) is 4.79 Å².